The number of unbranched alkanes of at least 4 members (excludes halogenated alkanes) is 11. The summed E-state index contributed by atoms with van der Waals surface area (Å²) in [5.41, 5.74) is 8.49. The molecule has 0 saturated carbocycles. The number of halogens is 2. The Hall–Kier alpha value is -8.22. The smallest absolute Gasteiger partial charge is 0.219 e. The zero-order chi connectivity index (χ0) is 63.9. The van der Waals surface area contributed by atoms with E-state index in [1.54, 1.807) is 72.8 Å². The molecule has 478 valence electrons. The lowest BCUT2D eigenvalue weighted by atomic mass is 10.1. The van der Waals surface area contributed by atoms with Crippen LogP contribution in [0.3, 0.4) is 0 Å². The lowest BCUT2D eigenvalue weighted by Crippen LogP contribution is -2.24. The van der Waals surface area contributed by atoms with Crippen LogP contribution >= 0.6 is 0 Å². The van der Waals surface area contributed by atoms with E-state index in [1.165, 1.54) is 49.6 Å². The molecule has 0 atom stereocenters. The summed E-state index contributed by atoms with van der Waals surface area (Å²) in [4.78, 5) is 25.3. The van der Waals surface area contributed by atoms with Gasteiger partial charge in [-0.25, -0.2) is 25.6 Å². The standard InChI is InChI=1S/C72H84F2N4O10S2/c1-53-57(49-69(77(53)61-29-25-59(73)26-30-61)55-21-41-67(42-22-55)89(3,81)82)51-87-65-37-33-63(34-38-65)85-47-17-11-13-19-71(79)75-45-15-9-7-5-6-8-10-16-46-76-72(80)20-14-12-18-48-86-64-35-39-66(40-36-64)88-52-58-50-70(56-23-43-68(44-24-56)90(4,83)84)78(54(58)2)62-31-27-60(74)28-32-62/h21-44,49-50H,5-20,45-48,51-52H2,1-4H3,(H,75,79)(H,76,80). The number of carbonyl (C=O) groups excluding carboxylic acids is 2. The first-order chi connectivity index (χ1) is 43.4. The number of nitrogens with one attached hydrogen (secondary N) is 2. The maximum Gasteiger partial charge on any atom is 0.219 e. The van der Waals surface area contributed by atoms with E-state index in [2.05, 4.69) is 10.6 Å². The minimum atomic E-state index is -3.35. The Morgan fingerprint density at radius 1 is 0.400 bits per heavy atom. The number of rotatable bonds is 37. The number of nitrogens with zero attached hydrogens (tertiary/aromatic N) is 2. The van der Waals surface area contributed by atoms with Crippen LogP contribution in [0.2, 0.25) is 0 Å². The van der Waals surface area contributed by atoms with Gasteiger partial charge in [-0.1, -0.05) is 62.8 Å². The number of sulfone groups is 2. The second kappa shape index (κ2) is 33.6. The highest BCUT2D eigenvalue weighted by Crippen LogP contribution is 2.34. The van der Waals surface area contributed by atoms with Crippen LogP contribution in [0, 0.1) is 25.5 Å². The van der Waals surface area contributed by atoms with Gasteiger partial charge in [0.1, 0.15) is 47.8 Å². The van der Waals surface area contributed by atoms with Crippen molar-refractivity contribution in [2.24, 2.45) is 0 Å². The Kier molecular flexibility index (Phi) is 25.2. The van der Waals surface area contributed by atoms with Gasteiger partial charge in [-0.15, -0.1) is 0 Å². The summed E-state index contributed by atoms with van der Waals surface area (Å²) in [7, 11) is -6.71. The quantitative estimate of drug-likeness (QED) is 0.0357. The average Bonchev–Trinajstić information content (AvgIpc) is 1.66. The minimum absolute atomic E-state index is 0.0947. The third kappa shape index (κ3) is 20.7. The first-order valence-corrected chi connectivity index (χ1v) is 35.0. The molecular formula is C72H84F2N4O10S2. The lowest BCUT2D eigenvalue weighted by molar-refractivity contribution is -0.122. The number of amides is 2. The summed E-state index contributed by atoms with van der Waals surface area (Å²) < 4.78 is 104. The van der Waals surface area contributed by atoms with Crippen LogP contribution in [0.5, 0.6) is 23.0 Å². The van der Waals surface area contributed by atoms with Gasteiger partial charge in [-0.05, 0) is 210 Å². The van der Waals surface area contributed by atoms with Gasteiger partial charge in [0.15, 0.2) is 19.7 Å². The Morgan fingerprint density at radius 2 is 0.711 bits per heavy atom. The van der Waals surface area contributed by atoms with Crippen molar-refractivity contribution in [2.75, 3.05) is 38.8 Å². The van der Waals surface area contributed by atoms with E-state index in [1.807, 2.05) is 83.6 Å². The molecule has 0 unspecified atom stereocenters. The molecule has 6 aromatic carbocycles. The second-order valence-electron chi connectivity index (χ2n) is 22.9. The van der Waals surface area contributed by atoms with Gasteiger partial charge < -0.3 is 38.7 Å². The van der Waals surface area contributed by atoms with Crippen molar-refractivity contribution in [2.45, 2.75) is 140 Å². The van der Waals surface area contributed by atoms with Crippen LogP contribution < -0.4 is 29.6 Å². The van der Waals surface area contributed by atoms with Crippen molar-refractivity contribution in [3.05, 3.63) is 192 Å². The highest BCUT2D eigenvalue weighted by Gasteiger charge is 2.20. The predicted molar refractivity (Wildman–Crippen MR) is 350 cm³/mol. The number of aromatic nitrogens is 2. The van der Waals surface area contributed by atoms with E-state index < -0.39 is 19.7 Å². The molecule has 0 saturated heterocycles. The lowest BCUT2D eigenvalue weighted by Gasteiger charge is -2.13. The molecule has 2 aromatic heterocycles. The van der Waals surface area contributed by atoms with E-state index in [-0.39, 0.29) is 46.5 Å². The van der Waals surface area contributed by atoms with Gasteiger partial charge in [0.2, 0.25) is 11.8 Å². The Bertz CT molecular complexity index is 3550. The molecule has 0 aliphatic carbocycles. The van der Waals surface area contributed by atoms with E-state index in [0.29, 0.717) is 50.6 Å². The highest BCUT2D eigenvalue weighted by molar-refractivity contribution is 7.91. The average molecular weight is 1270 g/mol. The van der Waals surface area contributed by atoms with Crippen LogP contribution in [-0.4, -0.2) is 76.6 Å². The maximum atomic E-state index is 13.9. The van der Waals surface area contributed by atoms with Gasteiger partial charge in [0.05, 0.1) is 34.4 Å². The maximum absolute atomic E-state index is 13.9. The van der Waals surface area contributed by atoms with Gasteiger partial charge >= 0.3 is 0 Å². The number of hydrogen-bond acceptors (Lipinski definition) is 10. The number of hydrogen-bond donors (Lipinski definition) is 2. The fourth-order valence-electron chi connectivity index (χ4n) is 10.7. The summed E-state index contributed by atoms with van der Waals surface area (Å²) in [6.07, 6.45) is 17.2. The Balaban J connectivity index is 0.593. The van der Waals surface area contributed by atoms with Crippen molar-refractivity contribution < 1.29 is 54.2 Å². The molecule has 2 N–H and O–H groups in total. The second-order valence-corrected chi connectivity index (χ2v) is 26.9. The number of carbonyl (C=O) groups is 2. The molecule has 0 bridgehead atoms. The van der Waals surface area contributed by atoms with E-state index >= 15 is 0 Å². The molecule has 2 heterocycles. The first-order valence-electron chi connectivity index (χ1n) is 31.2. The van der Waals surface area contributed by atoms with Gasteiger partial charge in [0, 0.05) is 72.3 Å². The first kappa shape index (κ1) is 67.7. The van der Waals surface area contributed by atoms with Crippen LogP contribution in [0.25, 0.3) is 33.9 Å². The van der Waals surface area contributed by atoms with E-state index in [9.17, 15) is 35.2 Å². The van der Waals surface area contributed by atoms with Crippen LogP contribution in [-0.2, 0) is 42.5 Å². The predicted octanol–water partition coefficient (Wildman–Crippen LogP) is 15.4. The molecule has 8 rings (SSSR count). The molecule has 0 aliphatic heterocycles. The molecule has 0 radical (unpaired) electrons. The molecule has 0 aliphatic rings. The molecule has 18 heteroatoms. The zero-order valence-corrected chi connectivity index (χ0v) is 53.7. The molecule has 14 nitrogen and oxygen atoms in total. The summed E-state index contributed by atoms with van der Waals surface area (Å²) >= 11 is 0. The van der Waals surface area contributed by atoms with Crippen LogP contribution in [0.15, 0.2) is 168 Å². The van der Waals surface area contributed by atoms with Crippen molar-refractivity contribution in [1.82, 2.24) is 19.8 Å². The third-order valence-corrected chi connectivity index (χ3v) is 18.1. The molecule has 90 heavy (non-hydrogen) atoms. The van der Waals surface area contributed by atoms with Gasteiger partial charge in [-0.3, -0.25) is 9.59 Å². The fourth-order valence-corrected chi connectivity index (χ4v) is 11.9. The number of ether oxygens (including phenoxy) is 4. The molecule has 8 aromatic rings. The van der Waals surface area contributed by atoms with Gasteiger partial charge in [0.25, 0.3) is 0 Å². The van der Waals surface area contributed by atoms with Crippen molar-refractivity contribution in [1.29, 1.82) is 0 Å². The summed E-state index contributed by atoms with van der Waals surface area (Å²) in [6.45, 7) is 7.01. The van der Waals surface area contributed by atoms with Crippen molar-refractivity contribution >= 4 is 31.5 Å². The van der Waals surface area contributed by atoms with Crippen LogP contribution in [0.1, 0.15) is 125 Å². The SMILES string of the molecule is Cc1c(COc2ccc(OCCCCCC(=O)NCCCCCCCCCCNC(=O)CCCCCOc3ccc(OCc4cc(-c5ccc(S(C)(=O)=O)cc5)n(-c5ccc(F)cc5)c4C)cc3)cc2)cc(-c2ccc(S(C)(=O)=O)cc2)n1-c1ccc(F)cc1. The molecular weight excluding hydrogens is 1180 g/mol. The molecule has 2 amide bonds. The largest absolute Gasteiger partial charge is 0.494 e. The highest BCUT2D eigenvalue weighted by atomic mass is 32.2. The molecule has 0 fully saturated rings. The number of benzene rings is 6. The molecule has 0 spiro atoms. The van der Waals surface area contributed by atoms with E-state index in [4.69, 9.17) is 18.9 Å². The third-order valence-electron chi connectivity index (χ3n) is 15.8. The van der Waals surface area contributed by atoms with Crippen molar-refractivity contribution in [3.8, 4) is 56.9 Å². The summed E-state index contributed by atoms with van der Waals surface area (Å²) in [5, 5.41) is 6.13. The van der Waals surface area contributed by atoms with E-state index in [0.717, 1.165) is 145 Å². The fraction of sp³-hybridized carbons (Fsp3) is 0.361. The summed E-state index contributed by atoms with van der Waals surface area (Å²) in [6, 6.07) is 44.9. The normalized spacial score (nSPS) is 11.6. The summed E-state index contributed by atoms with van der Waals surface area (Å²) in [5.74, 6) is 2.34. The van der Waals surface area contributed by atoms with Gasteiger partial charge in [-0.2, -0.15) is 0 Å². The Morgan fingerprint density at radius 3 is 1.04 bits per heavy atom. The van der Waals surface area contributed by atoms with Crippen LogP contribution in [0.4, 0.5) is 8.78 Å². The Labute approximate surface area is 529 Å². The van der Waals surface area contributed by atoms with Crippen molar-refractivity contribution in [3.63, 3.8) is 0 Å². The minimum Gasteiger partial charge on any atom is -0.494 e. The topological polar surface area (TPSA) is 173 Å². The monoisotopic (exact) mass is 1270 g/mol. The zero-order valence-electron chi connectivity index (χ0n) is 52.1.